The summed E-state index contributed by atoms with van der Waals surface area (Å²) in [5.74, 6) is 5.00. The second kappa shape index (κ2) is 2.59. The Hall–Kier alpha value is 0.620. The molecule has 0 aliphatic carbocycles. The molecule has 2 heterocycles. The molecule has 10 heavy (non-hydrogen) atoms. The van der Waals surface area contributed by atoms with Crippen molar-refractivity contribution in [2.45, 2.75) is 12.8 Å². The minimum Gasteiger partial charge on any atom is -0.237 e. The molecule has 0 unspecified atom stereocenters. The summed E-state index contributed by atoms with van der Waals surface area (Å²) < 4.78 is 4.72. The van der Waals surface area contributed by atoms with Gasteiger partial charge in [-0.15, -0.1) is 4.33 Å². The van der Waals surface area contributed by atoms with Crippen LogP contribution in [0.5, 0.6) is 0 Å². The van der Waals surface area contributed by atoms with Gasteiger partial charge >= 0.3 is 0 Å². The first-order valence-corrected chi connectivity index (χ1v) is 7.65. The van der Waals surface area contributed by atoms with E-state index in [0.717, 1.165) is 0 Å². The highest BCUT2D eigenvalue weighted by molar-refractivity contribution is 8.90. The summed E-state index contributed by atoms with van der Waals surface area (Å²) in [7, 11) is -0.437. The third-order valence-electron chi connectivity index (χ3n) is 2.22. The van der Waals surface area contributed by atoms with Gasteiger partial charge in [-0.25, -0.2) is 5.26 Å². The maximum atomic E-state index is 8.77. The van der Waals surface area contributed by atoms with Gasteiger partial charge in [-0.3, -0.25) is 0 Å². The van der Waals surface area contributed by atoms with Gasteiger partial charge in [-0.05, 0) is 0 Å². The van der Waals surface area contributed by atoms with Gasteiger partial charge in [0.2, 0.25) is 0 Å². The molecule has 0 bridgehead atoms. The SMILES string of the molecule is OOS12CCC[S+]1CCC2. The quantitative estimate of drug-likeness (QED) is 0.288. The van der Waals surface area contributed by atoms with E-state index >= 15 is 0 Å². The summed E-state index contributed by atoms with van der Waals surface area (Å²) in [5.41, 5.74) is 0. The molecule has 0 atom stereocenters. The smallest absolute Gasteiger partial charge is 0.121 e. The van der Waals surface area contributed by atoms with Crippen LogP contribution in [0.1, 0.15) is 12.8 Å². The van der Waals surface area contributed by atoms with Crippen molar-refractivity contribution in [2.24, 2.45) is 0 Å². The van der Waals surface area contributed by atoms with Crippen molar-refractivity contribution in [1.82, 2.24) is 0 Å². The second-order valence-electron chi connectivity index (χ2n) is 2.78. The number of hydrogen-bond acceptors (Lipinski definition) is 2. The molecule has 60 valence electrons. The van der Waals surface area contributed by atoms with Crippen molar-refractivity contribution in [3.8, 4) is 0 Å². The molecule has 0 radical (unpaired) electrons. The number of rotatable bonds is 1. The first-order valence-electron chi connectivity index (χ1n) is 3.67. The van der Waals surface area contributed by atoms with E-state index in [9.17, 15) is 0 Å². The Bertz CT molecular complexity index is 130. The van der Waals surface area contributed by atoms with Crippen LogP contribution in [0.2, 0.25) is 0 Å². The van der Waals surface area contributed by atoms with Gasteiger partial charge in [-0.2, -0.15) is 0 Å². The molecule has 2 saturated heterocycles. The standard InChI is InChI=1S/C6H12O2S2/c7-8-10-5-1-3-9(10)4-2-6-10/h1-6H2/p+1. The Morgan fingerprint density at radius 1 is 1.20 bits per heavy atom. The molecule has 0 spiro atoms. The fraction of sp³-hybridized carbons (Fsp3) is 1.00. The Kier molecular flexibility index (Phi) is 1.88. The highest BCUT2D eigenvalue weighted by Gasteiger charge is 2.52. The van der Waals surface area contributed by atoms with Crippen molar-refractivity contribution in [3.05, 3.63) is 0 Å². The minimum atomic E-state index is -0.921. The summed E-state index contributed by atoms with van der Waals surface area (Å²) in [6, 6.07) is 0. The Balaban J connectivity index is 2.15. The van der Waals surface area contributed by atoms with Crippen LogP contribution in [-0.4, -0.2) is 28.3 Å². The topological polar surface area (TPSA) is 29.5 Å². The van der Waals surface area contributed by atoms with Crippen LogP contribution >= 0.6 is 9.34 Å². The highest BCUT2D eigenvalue weighted by atomic mass is 33.2. The lowest BCUT2D eigenvalue weighted by atomic mass is 10.6. The summed E-state index contributed by atoms with van der Waals surface area (Å²) in [5, 5.41) is 8.77. The largest absolute Gasteiger partial charge is 0.237 e. The van der Waals surface area contributed by atoms with E-state index in [2.05, 4.69) is 0 Å². The molecular weight excluding hydrogens is 168 g/mol. The molecule has 4 heteroatoms. The molecule has 2 aliphatic rings. The van der Waals surface area contributed by atoms with Gasteiger partial charge in [0.25, 0.3) is 0 Å². The fourth-order valence-electron chi connectivity index (χ4n) is 1.74. The zero-order valence-electron chi connectivity index (χ0n) is 5.91. The number of fused-ring (bicyclic) bond motifs is 1. The summed E-state index contributed by atoms with van der Waals surface area (Å²) in [6.07, 6.45) is 2.58. The molecule has 0 saturated carbocycles. The molecule has 2 fully saturated rings. The van der Waals surface area contributed by atoms with Gasteiger partial charge < -0.3 is 0 Å². The van der Waals surface area contributed by atoms with Crippen LogP contribution in [0.3, 0.4) is 0 Å². The molecule has 1 N–H and O–H groups in total. The lowest BCUT2D eigenvalue weighted by molar-refractivity contribution is -0.121. The van der Waals surface area contributed by atoms with Crippen LogP contribution in [-0.2, 0) is 14.3 Å². The van der Waals surface area contributed by atoms with Crippen molar-refractivity contribution >= 4 is 19.3 Å². The molecule has 0 aromatic heterocycles. The predicted molar refractivity (Wildman–Crippen MR) is 47.4 cm³/mol. The third-order valence-corrected chi connectivity index (χ3v) is 11.4. The van der Waals surface area contributed by atoms with Crippen molar-refractivity contribution < 1.29 is 9.59 Å². The molecule has 0 aromatic carbocycles. The molecule has 2 nitrogen and oxygen atoms in total. The van der Waals surface area contributed by atoms with Crippen LogP contribution in [0.15, 0.2) is 0 Å². The average molecular weight is 181 g/mol. The molecular formula is C6H13O2S2+. The van der Waals surface area contributed by atoms with Crippen LogP contribution in [0, 0.1) is 0 Å². The van der Waals surface area contributed by atoms with E-state index in [1.165, 1.54) is 35.9 Å². The summed E-state index contributed by atoms with van der Waals surface area (Å²) >= 11 is 0. The van der Waals surface area contributed by atoms with Gasteiger partial charge in [0, 0.05) is 24.3 Å². The molecule has 0 aromatic rings. The van der Waals surface area contributed by atoms with Crippen LogP contribution in [0.4, 0.5) is 0 Å². The van der Waals surface area contributed by atoms with Gasteiger partial charge in [0.05, 0.1) is 19.3 Å². The summed E-state index contributed by atoms with van der Waals surface area (Å²) in [4.78, 5) is 0. The molecule has 2 aliphatic heterocycles. The maximum Gasteiger partial charge on any atom is 0.121 e. The lowest BCUT2D eigenvalue weighted by Gasteiger charge is -2.21. The monoisotopic (exact) mass is 181 g/mol. The summed E-state index contributed by atoms with van der Waals surface area (Å²) in [6.45, 7) is 0. The first kappa shape index (κ1) is 7.28. The van der Waals surface area contributed by atoms with Crippen LogP contribution < -0.4 is 0 Å². The van der Waals surface area contributed by atoms with E-state index in [1.807, 2.05) is 0 Å². The Morgan fingerprint density at radius 3 is 2.20 bits per heavy atom. The lowest BCUT2D eigenvalue weighted by Crippen LogP contribution is -2.08. The van der Waals surface area contributed by atoms with Crippen LogP contribution in [0.25, 0.3) is 0 Å². The normalized spacial score (nSPS) is 52.3. The van der Waals surface area contributed by atoms with E-state index < -0.39 is 9.34 Å². The predicted octanol–water partition coefficient (Wildman–Crippen LogP) is 1.54. The van der Waals surface area contributed by atoms with E-state index in [1.54, 1.807) is 0 Å². The maximum absolute atomic E-state index is 8.77. The fourth-order valence-corrected chi connectivity index (χ4v) is 10.8. The van der Waals surface area contributed by atoms with Gasteiger partial charge in [0.1, 0.15) is 11.5 Å². The van der Waals surface area contributed by atoms with Gasteiger partial charge in [-0.1, -0.05) is 0 Å². The van der Waals surface area contributed by atoms with E-state index in [0.29, 0.717) is 9.93 Å². The Morgan fingerprint density at radius 2 is 1.80 bits per heavy atom. The van der Waals surface area contributed by atoms with Gasteiger partial charge in [0.15, 0.2) is 0 Å². The second-order valence-corrected chi connectivity index (χ2v) is 10.2. The number of hydrogen-bond donors (Lipinski definition) is 1. The zero-order chi connectivity index (χ0) is 7.03. The molecule has 2 rings (SSSR count). The van der Waals surface area contributed by atoms with E-state index in [4.69, 9.17) is 9.59 Å². The zero-order valence-corrected chi connectivity index (χ0v) is 7.55. The van der Waals surface area contributed by atoms with Crippen molar-refractivity contribution in [2.75, 3.05) is 23.0 Å². The Labute approximate surface area is 65.1 Å². The van der Waals surface area contributed by atoms with Crippen molar-refractivity contribution in [3.63, 3.8) is 0 Å². The van der Waals surface area contributed by atoms with Crippen molar-refractivity contribution in [1.29, 1.82) is 0 Å². The highest BCUT2D eigenvalue weighted by Crippen LogP contribution is 2.64. The first-order chi connectivity index (χ1) is 4.87. The molecule has 0 amide bonds. The average Bonchev–Trinajstić information content (AvgIpc) is 2.42. The minimum absolute atomic E-state index is 0.485. The third kappa shape index (κ3) is 0.897. The van der Waals surface area contributed by atoms with E-state index in [-0.39, 0.29) is 0 Å².